The van der Waals surface area contributed by atoms with Crippen LogP contribution >= 0.6 is 0 Å². The molecule has 0 aliphatic heterocycles. The summed E-state index contributed by atoms with van der Waals surface area (Å²) in [4.78, 5) is 8.96. The zero-order chi connectivity index (χ0) is 15.7. The van der Waals surface area contributed by atoms with E-state index in [1.165, 1.54) is 11.1 Å². The third kappa shape index (κ3) is 3.31. The number of hydrogen-bond donors (Lipinski definition) is 0. The summed E-state index contributed by atoms with van der Waals surface area (Å²) in [5.41, 5.74) is 4.85. The van der Waals surface area contributed by atoms with Crippen molar-refractivity contribution in [2.24, 2.45) is 0 Å². The smallest absolute Gasteiger partial charge is 0.116 e. The van der Waals surface area contributed by atoms with Gasteiger partial charge in [0.2, 0.25) is 0 Å². The van der Waals surface area contributed by atoms with Gasteiger partial charge in [-0.25, -0.2) is 9.97 Å². The Morgan fingerprint density at radius 3 is 2.24 bits per heavy atom. The van der Waals surface area contributed by atoms with E-state index in [1.807, 2.05) is 0 Å². The van der Waals surface area contributed by atoms with Crippen LogP contribution in [0.1, 0.15) is 59.2 Å². The normalized spacial score (nSPS) is 12.5. The Hall–Kier alpha value is -1.70. The maximum atomic E-state index is 4.52. The SMILES string of the molecule is CCC(C)(C)c1ccccc1-c1cc(C(C)(C)C)ncn1. The number of hydrogen-bond acceptors (Lipinski definition) is 2. The molecule has 0 fully saturated rings. The van der Waals surface area contributed by atoms with Gasteiger partial charge < -0.3 is 0 Å². The maximum Gasteiger partial charge on any atom is 0.116 e. The van der Waals surface area contributed by atoms with Crippen LogP contribution in [0.3, 0.4) is 0 Å². The van der Waals surface area contributed by atoms with Crippen molar-refractivity contribution < 1.29 is 0 Å². The van der Waals surface area contributed by atoms with Gasteiger partial charge in [0.1, 0.15) is 6.33 Å². The van der Waals surface area contributed by atoms with E-state index < -0.39 is 0 Å². The molecule has 0 saturated carbocycles. The Kier molecular flexibility index (Phi) is 4.18. The molecule has 2 rings (SSSR count). The lowest BCUT2D eigenvalue weighted by molar-refractivity contribution is 0.507. The van der Waals surface area contributed by atoms with Crippen LogP contribution in [-0.4, -0.2) is 9.97 Å². The minimum Gasteiger partial charge on any atom is -0.241 e. The second kappa shape index (κ2) is 5.59. The van der Waals surface area contributed by atoms with E-state index in [0.717, 1.165) is 17.8 Å². The largest absolute Gasteiger partial charge is 0.241 e. The highest BCUT2D eigenvalue weighted by Crippen LogP contribution is 2.35. The van der Waals surface area contributed by atoms with E-state index in [9.17, 15) is 0 Å². The summed E-state index contributed by atoms with van der Waals surface area (Å²) in [7, 11) is 0. The number of rotatable bonds is 3. The summed E-state index contributed by atoms with van der Waals surface area (Å²) in [6.45, 7) is 13.4. The molecule has 21 heavy (non-hydrogen) atoms. The van der Waals surface area contributed by atoms with Crippen molar-refractivity contribution in [3.63, 3.8) is 0 Å². The first-order valence-electron chi connectivity index (χ1n) is 7.68. The van der Waals surface area contributed by atoms with Crippen LogP contribution in [-0.2, 0) is 10.8 Å². The van der Waals surface area contributed by atoms with Crippen LogP contribution in [0.2, 0.25) is 0 Å². The Morgan fingerprint density at radius 1 is 0.952 bits per heavy atom. The van der Waals surface area contributed by atoms with Crippen LogP contribution in [0.25, 0.3) is 11.3 Å². The molecule has 1 aromatic carbocycles. The number of aromatic nitrogens is 2. The summed E-state index contributed by atoms with van der Waals surface area (Å²) < 4.78 is 0. The molecule has 0 bridgehead atoms. The summed E-state index contributed by atoms with van der Waals surface area (Å²) in [5, 5.41) is 0. The van der Waals surface area contributed by atoms with E-state index in [4.69, 9.17) is 0 Å². The average Bonchev–Trinajstić information content (AvgIpc) is 2.46. The van der Waals surface area contributed by atoms with Crippen LogP contribution in [0.4, 0.5) is 0 Å². The molecule has 1 aromatic heterocycles. The van der Waals surface area contributed by atoms with Crippen molar-refractivity contribution in [1.82, 2.24) is 9.97 Å². The van der Waals surface area contributed by atoms with Gasteiger partial charge in [0, 0.05) is 16.7 Å². The van der Waals surface area contributed by atoms with Crippen molar-refractivity contribution in [3.05, 3.63) is 47.9 Å². The lowest BCUT2D eigenvalue weighted by Crippen LogP contribution is -2.17. The molecule has 2 aromatic rings. The third-order valence-electron chi connectivity index (χ3n) is 4.25. The second-order valence-electron chi connectivity index (χ2n) is 7.32. The van der Waals surface area contributed by atoms with E-state index in [2.05, 4.69) is 81.8 Å². The summed E-state index contributed by atoms with van der Waals surface area (Å²) in [6.07, 6.45) is 2.78. The maximum absolute atomic E-state index is 4.52. The molecular weight excluding hydrogens is 256 g/mol. The molecule has 0 N–H and O–H groups in total. The highest BCUT2D eigenvalue weighted by atomic mass is 14.8. The quantitative estimate of drug-likeness (QED) is 0.780. The zero-order valence-corrected chi connectivity index (χ0v) is 14.1. The summed E-state index contributed by atoms with van der Waals surface area (Å²) in [6, 6.07) is 10.7. The molecule has 0 aliphatic rings. The summed E-state index contributed by atoms with van der Waals surface area (Å²) in [5.74, 6) is 0. The zero-order valence-electron chi connectivity index (χ0n) is 14.1. The fourth-order valence-corrected chi connectivity index (χ4v) is 2.40. The van der Waals surface area contributed by atoms with Crippen LogP contribution in [0.15, 0.2) is 36.7 Å². The van der Waals surface area contributed by atoms with E-state index >= 15 is 0 Å². The van der Waals surface area contributed by atoms with Gasteiger partial charge >= 0.3 is 0 Å². The fraction of sp³-hybridized carbons (Fsp3) is 0.474. The molecule has 0 radical (unpaired) electrons. The first-order chi connectivity index (χ1) is 9.75. The monoisotopic (exact) mass is 282 g/mol. The van der Waals surface area contributed by atoms with Gasteiger partial charge in [-0.15, -0.1) is 0 Å². The first-order valence-corrected chi connectivity index (χ1v) is 7.68. The molecule has 0 saturated heterocycles. The van der Waals surface area contributed by atoms with Gasteiger partial charge in [-0.1, -0.05) is 65.8 Å². The van der Waals surface area contributed by atoms with Crippen LogP contribution in [0, 0.1) is 0 Å². The second-order valence-corrected chi connectivity index (χ2v) is 7.32. The van der Waals surface area contributed by atoms with Gasteiger partial charge in [0.05, 0.1) is 5.69 Å². The molecule has 1 heterocycles. The fourth-order valence-electron chi connectivity index (χ4n) is 2.40. The summed E-state index contributed by atoms with van der Waals surface area (Å²) >= 11 is 0. The van der Waals surface area contributed by atoms with Crippen molar-refractivity contribution in [1.29, 1.82) is 0 Å². The predicted octanol–water partition coefficient (Wildman–Crippen LogP) is 5.13. The standard InChI is InChI=1S/C19H26N2/c1-7-19(5,6)15-11-9-8-10-14(15)16-12-17(18(2,3)4)21-13-20-16/h8-13H,7H2,1-6H3. The number of nitrogens with zero attached hydrogens (tertiary/aromatic N) is 2. The van der Waals surface area contributed by atoms with Crippen molar-refractivity contribution >= 4 is 0 Å². The lowest BCUT2D eigenvalue weighted by atomic mass is 9.79. The molecule has 0 aliphatic carbocycles. The Morgan fingerprint density at radius 2 is 1.62 bits per heavy atom. The van der Waals surface area contributed by atoms with Gasteiger partial charge in [0.15, 0.2) is 0 Å². The van der Waals surface area contributed by atoms with Crippen molar-refractivity contribution in [2.75, 3.05) is 0 Å². The minimum atomic E-state index is 0.0346. The van der Waals surface area contributed by atoms with Gasteiger partial charge in [-0.2, -0.15) is 0 Å². The minimum absolute atomic E-state index is 0.0346. The van der Waals surface area contributed by atoms with E-state index in [1.54, 1.807) is 6.33 Å². The average molecular weight is 282 g/mol. The Bertz CT molecular complexity index is 621. The van der Waals surface area contributed by atoms with Gasteiger partial charge in [-0.3, -0.25) is 0 Å². The topological polar surface area (TPSA) is 25.8 Å². The molecule has 112 valence electrons. The molecule has 0 atom stereocenters. The van der Waals surface area contributed by atoms with Gasteiger partial charge in [0.25, 0.3) is 0 Å². The molecule has 0 unspecified atom stereocenters. The van der Waals surface area contributed by atoms with E-state index in [0.29, 0.717) is 0 Å². The highest BCUT2D eigenvalue weighted by molar-refractivity contribution is 5.65. The van der Waals surface area contributed by atoms with Crippen LogP contribution < -0.4 is 0 Å². The predicted molar refractivity (Wildman–Crippen MR) is 89.5 cm³/mol. The molecule has 2 nitrogen and oxygen atoms in total. The Balaban J connectivity index is 2.58. The van der Waals surface area contributed by atoms with Crippen LogP contribution in [0.5, 0.6) is 0 Å². The number of benzene rings is 1. The highest BCUT2D eigenvalue weighted by Gasteiger charge is 2.23. The van der Waals surface area contributed by atoms with E-state index in [-0.39, 0.29) is 10.8 Å². The van der Waals surface area contributed by atoms with Crippen molar-refractivity contribution in [2.45, 2.75) is 58.8 Å². The molecule has 0 spiro atoms. The molecular formula is C19H26N2. The molecule has 2 heteroatoms. The van der Waals surface area contributed by atoms with Crippen molar-refractivity contribution in [3.8, 4) is 11.3 Å². The lowest BCUT2D eigenvalue weighted by Gasteiger charge is -2.26. The first kappa shape index (κ1) is 15.7. The molecule has 0 amide bonds. The third-order valence-corrected chi connectivity index (χ3v) is 4.25. The Labute approximate surface area is 128 Å². The van der Waals surface area contributed by atoms with Gasteiger partial charge in [-0.05, 0) is 23.5 Å².